The molecule has 0 spiro atoms. The van der Waals surface area contributed by atoms with Gasteiger partial charge in [-0.1, -0.05) is 94.2 Å². The van der Waals surface area contributed by atoms with Gasteiger partial charge in [-0.15, -0.1) is 0 Å². The molecule has 0 atom stereocenters. The number of benzene rings is 2. The van der Waals surface area contributed by atoms with E-state index in [2.05, 4.69) is 28.8 Å². The summed E-state index contributed by atoms with van der Waals surface area (Å²) in [5, 5.41) is 0. The highest BCUT2D eigenvalue weighted by atomic mass is 31.2. The number of carbonyl (C=O) groups excluding carboxylic acids is 1. The molecule has 0 radical (unpaired) electrons. The van der Waals surface area contributed by atoms with Crippen LogP contribution in [0, 0.1) is 5.92 Å². The zero-order valence-corrected chi connectivity index (χ0v) is 25.7. The Balaban J connectivity index is 1.35. The van der Waals surface area contributed by atoms with E-state index in [0.717, 1.165) is 49.3 Å². The molecule has 2 N–H and O–H groups in total. The van der Waals surface area contributed by atoms with E-state index in [1.807, 2.05) is 24.3 Å². The molecule has 0 aliphatic heterocycles. The molecule has 1 fully saturated rings. The minimum absolute atomic E-state index is 0.0411. The standard InChI is InChI=1S/C33H50NO6P/c1-39-32-22-20-31(21-23-32)27-34(24-25-40-41(36,37)38)33(35)19-10-4-9-16-30-18-11-17-29(26-30)15-8-3-7-14-28-12-5-2-6-13-28/h11,17-18,20-23,26,28H,2-10,12-16,19,24-25,27H2,1H3,(H2,36,37,38). The Morgan fingerprint density at radius 1 is 0.878 bits per heavy atom. The van der Waals surface area contributed by atoms with Crippen molar-refractivity contribution in [3.05, 3.63) is 65.2 Å². The molecule has 0 unspecified atom stereocenters. The van der Waals surface area contributed by atoms with Crippen LogP contribution in [0.2, 0.25) is 0 Å². The van der Waals surface area contributed by atoms with Crippen molar-refractivity contribution >= 4 is 13.7 Å². The van der Waals surface area contributed by atoms with Crippen LogP contribution in [-0.4, -0.2) is 40.9 Å². The Hall–Kier alpha value is -2.18. The first-order chi connectivity index (χ1) is 19.8. The van der Waals surface area contributed by atoms with Crippen LogP contribution >= 0.6 is 7.82 Å². The van der Waals surface area contributed by atoms with Crippen LogP contribution < -0.4 is 4.74 Å². The number of hydrogen-bond acceptors (Lipinski definition) is 4. The summed E-state index contributed by atoms with van der Waals surface area (Å²) in [6.07, 6.45) is 17.9. The lowest BCUT2D eigenvalue weighted by atomic mass is 9.85. The molecular formula is C33H50NO6P. The lowest BCUT2D eigenvalue weighted by Gasteiger charge is -2.23. The van der Waals surface area contributed by atoms with Crippen molar-refractivity contribution in [3.63, 3.8) is 0 Å². The Labute approximate surface area is 246 Å². The van der Waals surface area contributed by atoms with E-state index in [4.69, 9.17) is 14.5 Å². The molecule has 1 saturated carbocycles. The van der Waals surface area contributed by atoms with Crippen LogP contribution in [0.5, 0.6) is 5.75 Å². The number of aryl methyl sites for hydroxylation is 2. The SMILES string of the molecule is COc1ccc(CN(CCOP(=O)(O)O)C(=O)CCCCCc2cccc(CCCCCC3CCCCC3)c2)cc1. The molecule has 8 heteroatoms. The summed E-state index contributed by atoms with van der Waals surface area (Å²) >= 11 is 0. The van der Waals surface area contributed by atoms with Gasteiger partial charge in [-0.25, -0.2) is 4.57 Å². The first-order valence-electron chi connectivity index (χ1n) is 15.5. The smallest absolute Gasteiger partial charge is 0.469 e. The van der Waals surface area contributed by atoms with Crippen molar-refractivity contribution in [2.75, 3.05) is 20.3 Å². The maximum atomic E-state index is 13.0. The highest BCUT2D eigenvalue weighted by molar-refractivity contribution is 7.46. The Kier molecular flexibility index (Phi) is 14.9. The summed E-state index contributed by atoms with van der Waals surface area (Å²) in [6, 6.07) is 16.4. The van der Waals surface area contributed by atoms with E-state index in [-0.39, 0.29) is 19.1 Å². The zero-order chi connectivity index (χ0) is 29.3. The molecule has 1 amide bonds. The van der Waals surface area contributed by atoms with E-state index in [9.17, 15) is 9.36 Å². The van der Waals surface area contributed by atoms with Crippen molar-refractivity contribution in [1.82, 2.24) is 4.90 Å². The number of unbranched alkanes of at least 4 members (excludes halogenated alkanes) is 4. The zero-order valence-electron chi connectivity index (χ0n) is 24.8. The van der Waals surface area contributed by atoms with Gasteiger partial charge >= 0.3 is 7.82 Å². The first-order valence-corrected chi connectivity index (χ1v) is 17.0. The third-order valence-corrected chi connectivity index (χ3v) is 8.67. The fourth-order valence-electron chi connectivity index (χ4n) is 5.81. The maximum Gasteiger partial charge on any atom is 0.469 e. The molecule has 0 saturated heterocycles. The van der Waals surface area contributed by atoms with Gasteiger partial charge in [0.15, 0.2) is 0 Å². The van der Waals surface area contributed by atoms with Crippen LogP contribution in [0.15, 0.2) is 48.5 Å². The molecule has 0 heterocycles. The normalized spacial score (nSPS) is 14.2. The molecule has 3 rings (SSSR count). The average molecular weight is 588 g/mol. The second kappa shape index (κ2) is 18.4. The molecule has 1 aliphatic carbocycles. The molecule has 41 heavy (non-hydrogen) atoms. The van der Waals surface area contributed by atoms with Crippen LogP contribution in [0.1, 0.15) is 100 Å². The summed E-state index contributed by atoms with van der Waals surface area (Å²) < 4.78 is 20.9. The van der Waals surface area contributed by atoms with Crippen LogP contribution in [0.25, 0.3) is 0 Å². The number of nitrogens with zero attached hydrogens (tertiary/aromatic N) is 1. The number of carbonyl (C=O) groups is 1. The van der Waals surface area contributed by atoms with Crippen LogP contribution in [0.4, 0.5) is 0 Å². The lowest BCUT2D eigenvalue weighted by Crippen LogP contribution is -2.33. The first kappa shape index (κ1) is 33.3. The largest absolute Gasteiger partial charge is 0.497 e. The van der Waals surface area contributed by atoms with Gasteiger partial charge in [-0.2, -0.15) is 0 Å². The van der Waals surface area contributed by atoms with E-state index in [1.54, 1.807) is 12.0 Å². The number of rotatable bonds is 19. The van der Waals surface area contributed by atoms with E-state index in [1.165, 1.54) is 68.9 Å². The van der Waals surface area contributed by atoms with Gasteiger partial charge in [0.05, 0.1) is 13.7 Å². The van der Waals surface area contributed by atoms with Gasteiger partial charge in [-0.05, 0) is 66.8 Å². The van der Waals surface area contributed by atoms with Crippen molar-refractivity contribution < 1.29 is 28.4 Å². The fourth-order valence-corrected chi connectivity index (χ4v) is 6.13. The highest BCUT2D eigenvalue weighted by Crippen LogP contribution is 2.35. The molecule has 1 aliphatic rings. The fraction of sp³-hybridized carbons (Fsp3) is 0.606. The number of hydrogen-bond donors (Lipinski definition) is 2. The van der Waals surface area contributed by atoms with Crippen molar-refractivity contribution in [1.29, 1.82) is 0 Å². The molecule has 2 aromatic rings. The Bertz CT molecular complexity index is 1060. The van der Waals surface area contributed by atoms with Crippen LogP contribution in [-0.2, 0) is 33.3 Å². The van der Waals surface area contributed by atoms with Gasteiger partial charge < -0.3 is 19.4 Å². The summed E-state index contributed by atoms with van der Waals surface area (Å²) in [6.45, 7) is 0.243. The van der Waals surface area contributed by atoms with Crippen molar-refractivity contribution in [3.8, 4) is 5.75 Å². The van der Waals surface area contributed by atoms with Crippen molar-refractivity contribution in [2.24, 2.45) is 5.92 Å². The Morgan fingerprint density at radius 3 is 2.17 bits per heavy atom. The number of ether oxygens (including phenoxy) is 1. The predicted octanol–water partition coefficient (Wildman–Crippen LogP) is 7.62. The summed E-state index contributed by atoms with van der Waals surface area (Å²) in [5.74, 6) is 1.67. The monoisotopic (exact) mass is 587 g/mol. The predicted molar refractivity (Wildman–Crippen MR) is 164 cm³/mol. The highest BCUT2D eigenvalue weighted by Gasteiger charge is 2.18. The van der Waals surface area contributed by atoms with Crippen LogP contribution in [0.3, 0.4) is 0 Å². The number of phosphoric acid groups is 1. The van der Waals surface area contributed by atoms with Gasteiger partial charge in [0.2, 0.25) is 5.91 Å². The summed E-state index contributed by atoms with van der Waals surface area (Å²) in [4.78, 5) is 32.6. The third-order valence-electron chi connectivity index (χ3n) is 8.16. The maximum absolute atomic E-state index is 13.0. The van der Waals surface area contributed by atoms with E-state index >= 15 is 0 Å². The second-order valence-electron chi connectivity index (χ2n) is 11.5. The average Bonchev–Trinajstić information content (AvgIpc) is 2.97. The number of methoxy groups -OCH3 is 1. The Morgan fingerprint density at radius 2 is 1.54 bits per heavy atom. The topological polar surface area (TPSA) is 96.3 Å². The molecule has 2 aromatic carbocycles. The lowest BCUT2D eigenvalue weighted by molar-refractivity contribution is -0.132. The molecular weight excluding hydrogens is 537 g/mol. The molecule has 0 aromatic heterocycles. The second-order valence-corrected chi connectivity index (χ2v) is 12.7. The molecule has 7 nitrogen and oxygen atoms in total. The number of amides is 1. The summed E-state index contributed by atoms with van der Waals surface area (Å²) in [5.41, 5.74) is 3.72. The van der Waals surface area contributed by atoms with E-state index < -0.39 is 7.82 Å². The van der Waals surface area contributed by atoms with Crippen molar-refractivity contribution in [2.45, 2.75) is 103 Å². The molecule has 0 bridgehead atoms. The summed E-state index contributed by atoms with van der Waals surface area (Å²) in [7, 11) is -2.98. The van der Waals surface area contributed by atoms with Gasteiger partial charge in [0.25, 0.3) is 0 Å². The minimum atomic E-state index is -4.58. The van der Waals surface area contributed by atoms with Gasteiger partial charge in [0.1, 0.15) is 5.75 Å². The number of phosphoric ester groups is 1. The van der Waals surface area contributed by atoms with E-state index in [0.29, 0.717) is 13.0 Å². The molecule has 228 valence electrons. The minimum Gasteiger partial charge on any atom is -0.497 e. The third kappa shape index (κ3) is 14.0. The van der Waals surface area contributed by atoms with Gasteiger partial charge in [-0.3, -0.25) is 9.32 Å². The quantitative estimate of drug-likeness (QED) is 0.130. The van der Waals surface area contributed by atoms with Gasteiger partial charge in [0, 0.05) is 19.5 Å².